The van der Waals surface area contributed by atoms with Crippen molar-refractivity contribution in [3.8, 4) is 0 Å². The molecule has 4 N–H and O–H groups in total. The summed E-state index contributed by atoms with van der Waals surface area (Å²) in [6.45, 7) is 9.38. The topological polar surface area (TPSA) is 130 Å². The van der Waals surface area contributed by atoms with Crippen LogP contribution in [0.3, 0.4) is 0 Å². The third kappa shape index (κ3) is 4.00. The van der Waals surface area contributed by atoms with Crippen molar-refractivity contribution in [2.45, 2.75) is 65.6 Å². The van der Waals surface area contributed by atoms with Gasteiger partial charge in [0.05, 0.1) is 12.0 Å². The molecule has 4 atom stereocenters. The molecule has 0 bridgehead atoms. The van der Waals surface area contributed by atoms with Gasteiger partial charge in [-0.05, 0) is 24.8 Å². The van der Waals surface area contributed by atoms with Crippen molar-refractivity contribution in [3.63, 3.8) is 0 Å². The van der Waals surface area contributed by atoms with Crippen molar-refractivity contribution in [2.24, 2.45) is 11.3 Å². The standard InChI is InChI=1S/C20H30N4O5/c1-10(2)6-20(4,5)19(28)23-16-13-11(3)7-24(17(13)22-9-21-16)18-15(27)14(26)12(8-25)29-18/h7,9-10,12,14-15,18,25-27H,6,8H2,1-5H3,(H,21,22,23,28)/t12-,14?,15+,18-/m1/s1. The lowest BCUT2D eigenvalue weighted by molar-refractivity contribution is -0.124. The van der Waals surface area contributed by atoms with Crippen LogP contribution < -0.4 is 5.32 Å². The molecule has 9 nitrogen and oxygen atoms in total. The third-order valence-electron chi connectivity index (χ3n) is 5.36. The second-order valence-corrected chi connectivity index (χ2v) is 8.81. The molecule has 3 rings (SSSR count). The second kappa shape index (κ2) is 7.98. The molecule has 0 radical (unpaired) electrons. The van der Waals surface area contributed by atoms with Crippen LogP contribution in [0.15, 0.2) is 12.5 Å². The number of carbonyl (C=O) groups is 1. The molecule has 3 heterocycles. The number of aromatic nitrogens is 3. The number of carbonyl (C=O) groups excluding carboxylic acids is 1. The van der Waals surface area contributed by atoms with E-state index in [1.165, 1.54) is 6.33 Å². The first kappa shape index (κ1) is 21.6. The largest absolute Gasteiger partial charge is 0.394 e. The molecule has 1 saturated heterocycles. The molecule has 1 fully saturated rings. The maximum absolute atomic E-state index is 12.9. The lowest BCUT2D eigenvalue weighted by atomic mass is 9.83. The molecular weight excluding hydrogens is 376 g/mol. The quantitative estimate of drug-likeness (QED) is 0.570. The number of nitrogens with one attached hydrogen (secondary N) is 1. The van der Waals surface area contributed by atoms with Crippen LogP contribution in [-0.4, -0.2) is 60.7 Å². The molecular formula is C20H30N4O5. The number of anilines is 1. The van der Waals surface area contributed by atoms with E-state index in [0.29, 0.717) is 22.8 Å². The fourth-order valence-corrected chi connectivity index (χ4v) is 4.06. The van der Waals surface area contributed by atoms with Crippen molar-refractivity contribution in [1.29, 1.82) is 0 Å². The lowest BCUT2D eigenvalue weighted by Crippen LogP contribution is -2.33. The van der Waals surface area contributed by atoms with Gasteiger partial charge in [-0.2, -0.15) is 0 Å². The zero-order valence-corrected chi connectivity index (χ0v) is 17.5. The van der Waals surface area contributed by atoms with Crippen molar-refractivity contribution in [2.75, 3.05) is 11.9 Å². The monoisotopic (exact) mass is 406 g/mol. The number of amides is 1. The Morgan fingerprint density at radius 2 is 2.00 bits per heavy atom. The van der Waals surface area contributed by atoms with Gasteiger partial charge >= 0.3 is 0 Å². The van der Waals surface area contributed by atoms with Crippen LogP contribution in [0, 0.1) is 18.3 Å². The van der Waals surface area contributed by atoms with Crippen LogP contribution in [-0.2, 0) is 9.53 Å². The van der Waals surface area contributed by atoms with Gasteiger partial charge < -0.3 is 29.9 Å². The van der Waals surface area contributed by atoms with E-state index in [1.807, 2.05) is 20.8 Å². The van der Waals surface area contributed by atoms with E-state index in [9.17, 15) is 20.1 Å². The summed E-state index contributed by atoms with van der Waals surface area (Å²) >= 11 is 0. The average molecular weight is 406 g/mol. The minimum atomic E-state index is -1.22. The Labute approximate surface area is 169 Å². The van der Waals surface area contributed by atoms with Crippen LogP contribution in [0.4, 0.5) is 5.82 Å². The summed E-state index contributed by atoms with van der Waals surface area (Å²) in [7, 11) is 0. The highest BCUT2D eigenvalue weighted by Gasteiger charge is 2.44. The summed E-state index contributed by atoms with van der Waals surface area (Å²) in [5.74, 6) is 0.627. The number of nitrogens with zero attached hydrogens (tertiary/aromatic N) is 3. The summed E-state index contributed by atoms with van der Waals surface area (Å²) in [6, 6.07) is 0. The molecule has 160 valence electrons. The highest BCUT2D eigenvalue weighted by molar-refractivity contribution is 6.02. The molecule has 2 aromatic rings. The Morgan fingerprint density at radius 1 is 1.31 bits per heavy atom. The number of aliphatic hydroxyl groups is 3. The number of hydrogen-bond acceptors (Lipinski definition) is 7. The average Bonchev–Trinajstić information content (AvgIpc) is 3.12. The third-order valence-corrected chi connectivity index (χ3v) is 5.36. The summed E-state index contributed by atoms with van der Waals surface area (Å²) in [4.78, 5) is 21.4. The predicted octanol–water partition coefficient (Wildman–Crippen LogP) is 1.36. The Morgan fingerprint density at radius 3 is 2.59 bits per heavy atom. The van der Waals surface area contributed by atoms with Crippen LogP contribution in [0.5, 0.6) is 0 Å². The normalized spacial score (nSPS) is 25.1. The first-order valence-electron chi connectivity index (χ1n) is 9.83. The molecule has 0 spiro atoms. The van der Waals surface area contributed by atoms with Gasteiger partial charge in [-0.15, -0.1) is 0 Å². The van der Waals surface area contributed by atoms with E-state index in [1.54, 1.807) is 10.8 Å². The van der Waals surface area contributed by atoms with E-state index in [-0.39, 0.29) is 5.91 Å². The number of rotatable bonds is 6. The Kier molecular flexibility index (Phi) is 5.96. The maximum Gasteiger partial charge on any atom is 0.231 e. The van der Waals surface area contributed by atoms with Gasteiger partial charge in [0.2, 0.25) is 5.91 Å². The molecule has 0 aromatic carbocycles. The molecule has 1 amide bonds. The van der Waals surface area contributed by atoms with Crippen LogP contribution in [0.2, 0.25) is 0 Å². The SMILES string of the molecule is Cc1cn([C@@H]2O[C@H](CO)C(O)[C@@H]2O)c2ncnc(NC(=O)C(C)(C)CC(C)C)c12. The number of fused-ring (bicyclic) bond motifs is 1. The van der Waals surface area contributed by atoms with Gasteiger partial charge in [0.15, 0.2) is 6.23 Å². The second-order valence-electron chi connectivity index (χ2n) is 8.81. The van der Waals surface area contributed by atoms with Gasteiger partial charge in [-0.1, -0.05) is 27.7 Å². The number of aryl methyl sites for hydroxylation is 1. The molecule has 1 unspecified atom stereocenters. The number of hydrogen-bond donors (Lipinski definition) is 4. The predicted molar refractivity (Wildman–Crippen MR) is 107 cm³/mol. The van der Waals surface area contributed by atoms with E-state index in [0.717, 1.165) is 12.0 Å². The molecule has 1 aliphatic rings. The Bertz CT molecular complexity index is 894. The summed E-state index contributed by atoms with van der Waals surface area (Å²) in [5.41, 5.74) is 0.685. The van der Waals surface area contributed by atoms with Gasteiger partial charge in [0.25, 0.3) is 0 Å². The summed E-state index contributed by atoms with van der Waals surface area (Å²) in [5, 5.41) is 33.3. The van der Waals surface area contributed by atoms with E-state index >= 15 is 0 Å². The maximum atomic E-state index is 12.9. The first-order chi connectivity index (χ1) is 13.6. The van der Waals surface area contributed by atoms with Gasteiger partial charge in [-0.3, -0.25) is 4.79 Å². The highest BCUT2D eigenvalue weighted by atomic mass is 16.6. The van der Waals surface area contributed by atoms with E-state index < -0.39 is 36.6 Å². The smallest absolute Gasteiger partial charge is 0.231 e. The van der Waals surface area contributed by atoms with Crippen LogP contribution in [0.1, 0.15) is 45.9 Å². The van der Waals surface area contributed by atoms with Crippen LogP contribution >= 0.6 is 0 Å². The molecule has 29 heavy (non-hydrogen) atoms. The summed E-state index contributed by atoms with van der Waals surface area (Å²) in [6.07, 6.45) is -0.421. The summed E-state index contributed by atoms with van der Waals surface area (Å²) < 4.78 is 7.23. The Hall–Kier alpha value is -2.07. The zero-order chi connectivity index (χ0) is 21.5. The minimum Gasteiger partial charge on any atom is -0.394 e. The fourth-order valence-electron chi connectivity index (χ4n) is 4.06. The molecule has 2 aromatic heterocycles. The van der Waals surface area contributed by atoms with Crippen LogP contribution in [0.25, 0.3) is 11.0 Å². The van der Waals surface area contributed by atoms with E-state index in [4.69, 9.17) is 4.74 Å². The van der Waals surface area contributed by atoms with Crippen molar-refractivity contribution >= 4 is 22.8 Å². The molecule has 1 aliphatic heterocycles. The number of aliphatic hydroxyl groups excluding tert-OH is 3. The molecule has 0 aliphatic carbocycles. The minimum absolute atomic E-state index is 0.133. The van der Waals surface area contributed by atoms with Gasteiger partial charge in [0, 0.05) is 11.6 Å². The Balaban J connectivity index is 1.96. The van der Waals surface area contributed by atoms with Crippen molar-refractivity contribution < 1.29 is 24.9 Å². The van der Waals surface area contributed by atoms with Crippen molar-refractivity contribution in [1.82, 2.24) is 14.5 Å². The van der Waals surface area contributed by atoms with Gasteiger partial charge in [0.1, 0.15) is 36.1 Å². The number of ether oxygens (including phenoxy) is 1. The zero-order valence-electron chi connectivity index (χ0n) is 17.5. The van der Waals surface area contributed by atoms with Gasteiger partial charge in [-0.25, -0.2) is 9.97 Å². The highest BCUT2D eigenvalue weighted by Crippen LogP contribution is 2.35. The fraction of sp³-hybridized carbons (Fsp3) is 0.650. The van der Waals surface area contributed by atoms with Crippen molar-refractivity contribution in [3.05, 3.63) is 18.1 Å². The van der Waals surface area contributed by atoms with E-state index in [2.05, 4.69) is 29.1 Å². The molecule has 0 saturated carbocycles. The molecule has 9 heteroatoms. The first-order valence-corrected chi connectivity index (χ1v) is 9.83. The lowest BCUT2D eigenvalue weighted by Gasteiger charge is -2.25.